The highest BCUT2D eigenvalue weighted by atomic mass is 35.5. The summed E-state index contributed by atoms with van der Waals surface area (Å²) in [6.07, 6.45) is 2.16. The molecular formula is C18H19Cl2FN2. The molecule has 2 aromatic rings. The number of hydrogen-bond acceptors (Lipinski definition) is 2. The average molecular weight is 353 g/mol. The molecule has 0 bridgehead atoms. The molecule has 1 unspecified atom stereocenters. The molecule has 0 amide bonds. The van der Waals surface area contributed by atoms with Crippen molar-refractivity contribution < 1.29 is 4.39 Å². The maximum absolute atomic E-state index is 13.3. The molecule has 2 N–H and O–H groups in total. The lowest BCUT2D eigenvalue weighted by Crippen LogP contribution is -2.33. The summed E-state index contributed by atoms with van der Waals surface area (Å²) in [5.74, 6) is 0.267. The minimum atomic E-state index is -0.215. The summed E-state index contributed by atoms with van der Waals surface area (Å²) >= 11 is 12.1. The van der Waals surface area contributed by atoms with Crippen molar-refractivity contribution in [2.45, 2.75) is 18.9 Å². The van der Waals surface area contributed by atoms with Crippen molar-refractivity contribution in [2.75, 3.05) is 18.4 Å². The van der Waals surface area contributed by atoms with Gasteiger partial charge in [-0.2, -0.15) is 0 Å². The molecule has 0 saturated carbocycles. The quantitative estimate of drug-likeness (QED) is 0.781. The van der Waals surface area contributed by atoms with Crippen molar-refractivity contribution in [2.24, 2.45) is 5.92 Å². The second-order valence-corrected chi connectivity index (χ2v) is 6.70. The molecule has 1 saturated heterocycles. The molecule has 1 fully saturated rings. The van der Waals surface area contributed by atoms with Crippen LogP contribution >= 0.6 is 23.2 Å². The lowest BCUT2D eigenvalue weighted by atomic mass is 9.85. The van der Waals surface area contributed by atoms with Crippen LogP contribution in [0.2, 0.25) is 10.0 Å². The Morgan fingerprint density at radius 2 is 1.70 bits per heavy atom. The standard InChI is InChI=1S/C18H19Cl2FN2/c19-16-6-5-15(11-17(16)20)23-18(13-7-9-22-10-8-13)12-1-3-14(21)4-2-12/h1-6,11,13,18,22-23H,7-10H2. The second kappa shape index (κ2) is 7.52. The van der Waals surface area contributed by atoms with Gasteiger partial charge in [-0.15, -0.1) is 0 Å². The predicted octanol–water partition coefficient (Wildman–Crippen LogP) is 5.29. The van der Waals surface area contributed by atoms with Crippen LogP contribution in [-0.4, -0.2) is 13.1 Å². The lowest BCUT2D eigenvalue weighted by molar-refractivity contribution is 0.335. The van der Waals surface area contributed by atoms with Crippen LogP contribution in [0.15, 0.2) is 42.5 Å². The van der Waals surface area contributed by atoms with E-state index >= 15 is 0 Å². The summed E-state index contributed by atoms with van der Waals surface area (Å²) in [4.78, 5) is 0. The Morgan fingerprint density at radius 1 is 1.00 bits per heavy atom. The molecule has 0 spiro atoms. The van der Waals surface area contributed by atoms with Gasteiger partial charge in [-0.3, -0.25) is 0 Å². The van der Waals surface area contributed by atoms with Crippen LogP contribution in [0, 0.1) is 11.7 Å². The van der Waals surface area contributed by atoms with Gasteiger partial charge in [0.05, 0.1) is 16.1 Å². The van der Waals surface area contributed by atoms with Crippen LogP contribution in [0.25, 0.3) is 0 Å². The number of benzene rings is 2. The SMILES string of the molecule is Fc1ccc(C(Nc2ccc(Cl)c(Cl)c2)C2CCNCC2)cc1. The summed E-state index contributed by atoms with van der Waals surface area (Å²) in [6, 6.07) is 12.4. The molecule has 1 aliphatic heterocycles. The van der Waals surface area contributed by atoms with Crippen molar-refractivity contribution >= 4 is 28.9 Å². The first kappa shape index (κ1) is 16.6. The van der Waals surface area contributed by atoms with Crippen LogP contribution in [0.1, 0.15) is 24.4 Å². The van der Waals surface area contributed by atoms with Gasteiger partial charge in [0.1, 0.15) is 5.82 Å². The van der Waals surface area contributed by atoms with Crippen LogP contribution in [-0.2, 0) is 0 Å². The highest BCUT2D eigenvalue weighted by molar-refractivity contribution is 6.42. The van der Waals surface area contributed by atoms with Crippen molar-refractivity contribution in [3.05, 3.63) is 63.9 Å². The van der Waals surface area contributed by atoms with E-state index in [-0.39, 0.29) is 11.9 Å². The minimum Gasteiger partial charge on any atom is -0.378 e. The van der Waals surface area contributed by atoms with Crippen LogP contribution in [0.4, 0.5) is 10.1 Å². The molecule has 0 aromatic heterocycles. The van der Waals surface area contributed by atoms with Crippen LogP contribution in [0.5, 0.6) is 0 Å². The molecule has 3 rings (SSSR count). The minimum absolute atomic E-state index is 0.120. The number of nitrogens with one attached hydrogen (secondary N) is 2. The monoisotopic (exact) mass is 352 g/mol. The number of rotatable bonds is 4. The first-order valence-corrected chi connectivity index (χ1v) is 8.57. The van der Waals surface area contributed by atoms with E-state index in [2.05, 4.69) is 10.6 Å². The zero-order valence-corrected chi connectivity index (χ0v) is 14.2. The summed E-state index contributed by atoms with van der Waals surface area (Å²) in [5.41, 5.74) is 2.01. The largest absolute Gasteiger partial charge is 0.378 e. The van der Waals surface area contributed by atoms with Gasteiger partial charge in [0, 0.05) is 5.69 Å². The highest BCUT2D eigenvalue weighted by Crippen LogP contribution is 2.34. The molecule has 0 aliphatic carbocycles. The third-order valence-corrected chi connectivity index (χ3v) is 5.07. The van der Waals surface area contributed by atoms with Gasteiger partial charge < -0.3 is 10.6 Å². The maximum Gasteiger partial charge on any atom is 0.123 e. The highest BCUT2D eigenvalue weighted by Gasteiger charge is 2.25. The van der Waals surface area contributed by atoms with E-state index in [0.717, 1.165) is 37.2 Å². The van der Waals surface area contributed by atoms with E-state index in [0.29, 0.717) is 16.0 Å². The number of anilines is 1. The fourth-order valence-electron chi connectivity index (χ4n) is 3.09. The van der Waals surface area contributed by atoms with Gasteiger partial charge in [0.15, 0.2) is 0 Å². The molecule has 0 radical (unpaired) electrons. The molecule has 1 aliphatic rings. The van der Waals surface area contributed by atoms with E-state index in [1.165, 1.54) is 12.1 Å². The zero-order chi connectivity index (χ0) is 16.2. The number of hydrogen-bond donors (Lipinski definition) is 2. The first-order valence-electron chi connectivity index (χ1n) is 7.81. The third kappa shape index (κ3) is 4.17. The zero-order valence-electron chi connectivity index (χ0n) is 12.7. The summed E-state index contributed by atoms with van der Waals surface area (Å²) in [6.45, 7) is 2.01. The number of piperidine rings is 1. The Hall–Kier alpha value is -1.29. The Balaban J connectivity index is 1.87. The Kier molecular flexibility index (Phi) is 5.42. The average Bonchev–Trinajstić information content (AvgIpc) is 2.58. The van der Waals surface area contributed by atoms with Gasteiger partial charge in [0.25, 0.3) is 0 Å². The van der Waals surface area contributed by atoms with Crippen molar-refractivity contribution in [1.29, 1.82) is 0 Å². The summed E-state index contributed by atoms with van der Waals surface area (Å²) < 4.78 is 13.3. The van der Waals surface area contributed by atoms with E-state index in [1.54, 1.807) is 6.07 Å². The van der Waals surface area contributed by atoms with Crippen molar-refractivity contribution in [1.82, 2.24) is 5.32 Å². The first-order chi connectivity index (χ1) is 11.1. The van der Waals surface area contributed by atoms with Crippen LogP contribution < -0.4 is 10.6 Å². The summed E-state index contributed by atoms with van der Waals surface area (Å²) in [7, 11) is 0. The topological polar surface area (TPSA) is 24.1 Å². The smallest absolute Gasteiger partial charge is 0.123 e. The van der Waals surface area contributed by atoms with E-state index < -0.39 is 0 Å². The van der Waals surface area contributed by atoms with Gasteiger partial charge in [-0.1, -0.05) is 35.3 Å². The lowest BCUT2D eigenvalue weighted by Gasteiger charge is -2.32. The van der Waals surface area contributed by atoms with Gasteiger partial charge in [-0.05, 0) is 67.7 Å². The Labute approximate surface area is 146 Å². The number of halogens is 3. The van der Waals surface area contributed by atoms with E-state index in [9.17, 15) is 4.39 Å². The fourth-order valence-corrected chi connectivity index (χ4v) is 3.38. The molecule has 1 heterocycles. The maximum atomic E-state index is 13.3. The third-order valence-electron chi connectivity index (χ3n) is 4.33. The van der Waals surface area contributed by atoms with Gasteiger partial charge in [0.2, 0.25) is 0 Å². The predicted molar refractivity (Wildman–Crippen MR) is 94.8 cm³/mol. The Bertz CT molecular complexity index is 655. The molecule has 23 heavy (non-hydrogen) atoms. The molecule has 2 nitrogen and oxygen atoms in total. The molecular weight excluding hydrogens is 334 g/mol. The van der Waals surface area contributed by atoms with Crippen LogP contribution in [0.3, 0.4) is 0 Å². The van der Waals surface area contributed by atoms with Crippen molar-refractivity contribution in [3.63, 3.8) is 0 Å². The normalized spacial score (nSPS) is 17.0. The Morgan fingerprint density at radius 3 is 2.35 bits per heavy atom. The van der Waals surface area contributed by atoms with Gasteiger partial charge >= 0.3 is 0 Å². The molecule has 1 atom stereocenters. The molecule has 2 aromatic carbocycles. The van der Waals surface area contributed by atoms with Crippen molar-refractivity contribution in [3.8, 4) is 0 Å². The van der Waals surface area contributed by atoms with E-state index in [1.807, 2.05) is 24.3 Å². The molecule has 5 heteroatoms. The van der Waals surface area contributed by atoms with E-state index in [4.69, 9.17) is 23.2 Å². The fraction of sp³-hybridized carbons (Fsp3) is 0.333. The second-order valence-electron chi connectivity index (χ2n) is 5.89. The molecule has 122 valence electrons. The summed E-state index contributed by atoms with van der Waals surface area (Å²) in [5, 5.41) is 8.01. The van der Waals surface area contributed by atoms with Gasteiger partial charge in [-0.25, -0.2) is 4.39 Å².